The number of esters is 1. The van der Waals surface area contributed by atoms with Gasteiger partial charge in [-0.25, -0.2) is 0 Å². The molecule has 2 aromatic rings. The molecule has 0 spiro atoms. The standard InChI is InChI=1S/C19H26N2O2/c1-2-23-19(22)17(20)12-14-13-21(15-8-4-3-5-9-15)18-11-7-6-10-16(14)18/h6-7,10-11,13,15,17H,2-5,8-9,12,20H2,1H3. The molecule has 3 rings (SSSR count). The lowest BCUT2D eigenvalue weighted by atomic mass is 9.95. The van der Waals surface area contributed by atoms with Gasteiger partial charge in [0.15, 0.2) is 0 Å². The van der Waals surface area contributed by atoms with Gasteiger partial charge in [0.1, 0.15) is 6.04 Å². The predicted octanol–water partition coefficient (Wildman–Crippen LogP) is 3.58. The fourth-order valence-electron chi connectivity index (χ4n) is 3.67. The molecule has 1 saturated carbocycles. The van der Waals surface area contributed by atoms with E-state index in [1.165, 1.54) is 43.0 Å². The maximum absolute atomic E-state index is 11.8. The molecule has 1 unspecified atom stereocenters. The highest BCUT2D eigenvalue weighted by atomic mass is 16.5. The molecule has 2 N–H and O–H groups in total. The Morgan fingerprint density at radius 3 is 2.78 bits per heavy atom. The van der Waals surface area contributed by atoms with E-state index in [2.05, 4.69) is 29.0 Å². The van der Waals surface area contributed by atoms with Gasteiger partial charge in [-0.1, -0.05) is 37.5 Å². The Morgan fingerprint density at radius 1 is 1.30 bits per heavy atom. The molecule has 0 radical (unpaired) electrons. The van der Waals surface area contributed by atoms with E-state index in [0.717, 1.165) is 5.56 Å². The van der Waals surface area contributed by atoms with E-state index in [4.69, 9.17) is 10.5 Å². The largest absolute Gasteiger partial charge is 0.465 e. The molecule has 1 atom stereocenters. The van der Waals surface area contributed by atoms with Crippen molar-refractivity contribution in [2.45, 2.75) is 57.5 Å². The summed E-state index contributed by atoms with van der Waals surface area (Å²) in [5.74, 6) is -0.318. The van der Waals surface area contributed by atoms with Gasteiger partial charge >= 0.3 is 5.97 Å². The van der Waals surface area contributed by atoms with Gasteiger partial charge in [0, 0.05) is 29.6 Å². The zero-order chi connectivity index (χ0) is 16.2. The first-order chi connectivity index (χ1) is 11.2. The Bertz CT molecular complexity index is 671. The molecule has 1 aromatic heterocycles. The third-order valence-electron chi connectivity index (χ3n) is 4.82. The lowest BCUT2D eigenvalue weighted by molar-refractivity contribution is -0.144. The summed E-state index contributed by atoms with van der Waals surface area (Å²) in [5.41, 5.74) is 8.43. The highest BCUT2D eigenvalue weighted by Crippen LogP contribution is 2.33. The van der Waals surface area contributed by atoms with Crippen molar-refractivity contribution in [2.75, 3.05) is 6.61 Å². The molecule has 0 amide bonds. The third kappa shape index (κ3) is 3.42. The van der Waals surface area contributed by atoms with Gasteiger partial charge < -0.3 is 15.0 Å². The smallest absolute Gasteiger partial charge is 0.323 e. The summed E-state index contributed by atoms with van der Waals surface area (Å²) in [6, 6.07) is 8.40. The quantitative estimate of drug-likeness (QED) is 0.858. The van der Waals surface area contributed by atoms with Gasteiger partial charge in [-0.3, -0.25) is 4.79 Å². The van der Waals surface area contributed by atoms with Crippen LogP contribution in [0.2, 0.25) is 0 Å². The molecular weight excluding hydrogens is 288 g/mol. The Labute approximate surface area is 137 Å². The number of ether oxygens (including phenoxy) is 1. The van der Waals surface area contributed by atoms with E-state index in [0.29, 0.717) is 19.1 Å². The number of nitrogens with zero attached hydrogens (tertiary/aromatic N) is 1. The van der Waals surface area contributed by atoms with Gasteiger partial charge in [0.05, 0.1) is 6.61 Å². The highest BCUT2D eigenvalue weighted by molar-refractivity contribution is 5.85. The van der Waals surface area contributed by atoms with E-state index >= 15 is 0 Å². The molecule has 0 bridgehead atoms. The Kier molecular flexibility index (Phi) is 5.01. The van der Waals surface area contributed by atoms with Crippen LogP contribution in [0.15, 0.2) is 30.5 Å². The summed E-state index contributed by atoms with van der Waals surface area (Å²) in [5, 5.41) is 1.21. The molecule has 0 saturated heterocycles. The minimum Gasteiger partial charge on any atom is -0.465 e. The maximum Gasteiger partial charge on any atom is 0.323 e. The summed E-state index contributed by atoms with van der Waals surface area (Å²) >= 11 is 0. The first kappa shape index (κ1) is 16.1. The van der Waals surface area contributed by atoms with Gasteiger partial charge in [-0.05, 0) is 31.4 Å². The second kappa shape index (κ2) is 7.18. The lowest BCUT2D eigenvalue weighted by Gasteiger charge is -2.24. The van der Waals surface area contributed by atoms with Crippen molar-refractivity contribution in [3.8, 4) is 0 Å². The van der Waals surface area contributed by atoms with Crippen LogP contribution in [0.3, 0.4) is 0 Å². The molecule has 4 nitrogen and oxygen atoms in total. The summed E-state index contributed by atoms with van der Waals surface area (Å²) in [6.45, 7) is 2.18. The molecule has 1 heterocycles. The Morgan fingerprint density at radius 2 is 2.04 bits per heavy atom. The zero-order valence-electron chi connectivity index (χ0n) is 13.8. The summed E-state index contributed by atoms with van der Waals surface area (Å²) in [6.07, 6.45) is 9.16. The number of hydrogen-bond acceptors (Lipinski definition) is 3. The number of carbonyl (C=O) groups is 1. The Balaban J connectivity index is 1.89. The number of para-hydroxylation sites is 1. The second-order valence-corrected chi connectivity index (χ2v) is 6.43. The highest BCUT2D eigenvalue weighted by Gasteiger charge is 2.21. The van der Waals surface area contributed by atoms with E-state index in [-0.39, 0.29) is 5.97 Å². The van der Waals surface area contributed by atoms with Crippen molar-refractivity contribution < 1.29 is 9.53 Å². The molecule has 1 aliphatic carbocycles. The maximum atomic E-state index is 11.8. The first-order valence-electron chi connectivity index (χ1n) is 8.71. The summed E-state index contributed by atoms with van der Waals surface area (Å²) in [4.78, 5) is 11.8. The molecule has 4 heteroatoms. The minimum absolute atomic E-state index is 0.318. The number of nitrogens with two attached hydrogens (primary N) is 1. The topological polar surface area (TPSA) is 57.2 Å². The van der Waals surface area contributed by atoms with Crippen molar-refractivity contribution in [3.05, 3.63) is 36.0 Å². The number of fused-ring (bicyclic) bond motifs is 1. The van der Waals surface area contributed by atoms with Gasteiger partial charge in [-0.15, -0.1) is 0 Å². The molecule has 124 valence electrons. The SMILES string of the molecule is CCOC(=O)C(N)Cc1cn(C2CCCCC2)c2ccccc12. The van der Waals surface area contributed by atoms with Crippen molar-refractivity contribution in [3.63, 3.8) is 0 Å². The summed E-state index contributed by atoms with van der Waals surface area (Å²) < 4.78 is 7.44. The van der Waals surface area contributed by atoms with Crippen LogP contribution in [0, 0.1) is 0 Å². The van der Waals surface area contributed by atoms with E-state index < -0.39 is 6.04 Å². The van der Waals surface area contributed by atoms with Crippen LogP contribution in [0.5, 0.6) is 0 Å². The summed E-state index contributed by atoms with van der Waals surface area (Å²) in [7, 11) is 0. The van der Waals surface area contributed by atoms with E-state index in [1.54, 1.807) is 6.92 Å². The van der Waals surface area contributed by atoms with Crippen molar-refractivity contribution >= 4 is 16.9 Å². The molecule has 1 aromatic carbocycles. The average molecular weight is 314 g/mol. The van der Waals surface area contributed by atoms with Crippen LogP contribution in [0.25, 0.3) is 10.9 Å². The van der Waals surface area contributed by atoms with Crippen LogP contribution in [0.4, 0.5) is 0 Å². The van der Waals surface area contributed by atoms with Gasteiger partial charge in [0.2, 0.25) is 0 Å². The predicted molar refractivity (Wildman–Crippen MR) is 92.4 cm³/mol. The minimum atomic E-state index is -0.597. The van der Waals surface area contributed by atoms with Crippen molar-refractivity contribution in [2.24, 2.45) is 5.73 Å². The molecule has 23 heavy (non-hydrogen) atoms. The zero-order valence-corrected chi connectivity index (χ0v) is 13.8. The van der Waals surface area contributed by atoms with Crippen LogP contribution in [-0.4, -0.2) is 23.2 Å². The van der Waals surface area contributed by atoms with Gasteiger partial charge in [0.25, 0.3) is 0 Å². The van der Waals surface area contributed by atoms with E-state index in [9.17, 15) is 4.79 Å². The van der Waals surface area contributed by atoms with Crippen LogP contribution < -0.4 is 5.73 Å². The van der Waals surface area contributed by atoms with E-state index in [1.807, 2.05) is 6.07 Å². The lowest BCUT2D eigenvalue weighted by Crippen LogP contribution is -2.34. The van der Waals surface area contributed by atoms with Crippen molar-refractivity contribution in [1.29, 1.82) is 0 Å². The fraction of sp³-hybridized carbons (Fsp3) is 0.526. The van der Waals surface area contributed by atoms with Gasteiger partial charge in [-0.2, -0.15) is 0 Å². The molecular formula is C19H26N2O2. The van der Waals surface area contributed by atoms with Crippen molar-refractivity contribution in [1.82, 2.24) is 4.57 Å². The molecule has 1 fully saturated rings. The number of rotatable bonds is 5. The number of aromatic nitrogens is 1. The fourth-order valence-corrected chi connectivity index (χ4v) is 3.67. The average Bonchev–Trinajstić information content (AvgIpc) is 2.95. The third-order valence-corrected chi connectivity index (χ3v) is 4.82. The number of benzene rings is 1. The van der Waals surface area contributed by atoms with Crippen LogP contribution in [-0.2, 0) is 16.0 Å². The molecule has 0 aliphatic heterocycles. The second-order valence-electron chi connectivity index (χ2n) is 6.43. The number of hydrogen-bond donors (Lipinski definition) is 1. The van der Waals surface area contributed by atoms with Crippen LogP contribution >= 0.6 is 0 Å². The molecule has 1 aliphatic rings. The first-order valence-corrected chi connectivity index (χ1v) is 8.71. The Hall–Kier alpha value is -1.81. The monoisotopic (exact) mass is 314 g/mol. The number of carbonyl (C=O) groups excluding carboxylic acids is 1. The normalized spacial score (nSPS) is 17.3. The van der Waals surface area contributed by atoms with Crippen LogP contribution in [0.1, 0.15) is 50.6 Å².